The van der Waals surface area contributed by atoms with Gasteiger partial charge in [0.15, 0.2) is 5.16 Å². The first-order chi connectivity index (χ1) is 12.1. The van der Waals surface area contributed by atoms with Crippen LogP contribution in [0.5, 0.6) is 0 Å². The highest BCUT2D eigenvalue weighted by molar-refractivity contribution is 7.99. The Morgan fingerprint density at radius 3 is 2.84 bits per heavy atom. The molecule has 2 aromatic heterocycles. The van der Waals surface area contributed by atoms with Crippen molar-refractivity contribution in [3.8, 4) is 0 Å². The number of rotatable bonds is 6. The van der Waals surface area contributed by atoms with Crippen LogP contribution in [-0.4, -0.2) is 14.8 Å². The van der Waals surface area contributed by atoms with Gasteiger partial charge in [-0.2, -0.15) is 0 Å². The third kappa shape index (κ3) is 3.62. The zero-order valence-electron chi connectivity index (χ0n) is 13.7. The smallest absolute Gasteiger partial charge is 0.192 e. The predicted octanol–water partition coefficient (Wildman–Crippen LogP) is 5.40. The summed E-state index contributed by atoms with van der Waals surface area (Å²) in [5, 5.41) is 11.3. The molecule has 0 saturated heterocycles. The highest BCUT2D eigenvalue weighted by atomic mass is 32.2. The minimum absolute atomic E-state index is 0.244. The first-order valence-corrected chi connectivity index (χ1v) is 9.95. The molecule has 4 rings (SSSR count). The van der Waals surface area contributed by atoms with E-state index in [2.05, 4.69) is 26.2 Å². The summed E-state index contributed by atoms with van der Waals surface area (Å²) in [6.45, 7) is 1.87. The quantitative estimate of drug-likeness (QED) is 0.539. The molecule has 0 aliphatic heterocycles. The number of nitrogens with zero attached hydrogens (tertiary/aromatic N) is 3. The van der Waals surface area contributed by atoms with E-state index in [0.717, 1.165) is 36.3 Å². The third-order valence-electron chi connectivity index (χ3n) is 4.24. The Labute approximate surface area is 153 Å². The van der Waals surface area contributed by atoms with E-state index in [4.69, 9.17) is 0 Å². The van der Waals surface area contributed by atoms with Crippen molar-refractivity contribution in [3.05, 3.63) is 63.6 Å². The van der Waals surface area contributed by atoms with Crippen LogP contribution in [0.4, 0.5) is 8.78 Å². The van der Waals surface area contributed by atoms with Crippen molar-refractivity contribution in [2.24, 2.45) is 0 Å². The van der Waals surface area contributed by atoms with Gasteiger partial charge in [-0.25, -0.2) is 8.78 Å². The molecule has 130 valence electrons. The van der Waals surface area contributed by atoms with Gasteiger partial charge in [0.1, 0.15) is 17.5 Å². The minimum atomic E-state index is -0.425. The molecule has 2 heterocycles. The lowest BCUT2D eigenvalue weighted by Crippen LogP contribution is -2.04. The van der Waals surface area contributed by atoms with Crippen molar-refractivity contribution in [3.63, 3.8) is 0 Å². The number of thioether (sulfide) groups is 1. The fraction of sp³-hybridized carbons (Fsp3) is 0.333. The van der Waals surface area contributed by atoms with Crippen LogP contribution in [0.3, 0.4) is 0 Å². The summed E-state index contributed by atoms with van der Waals surface area (Å²) >= 11 is 3.14. The van der Waals surface area contributed by atoms with Gasteiger partial charge in [-0.15, -0.1) is 21.5 Å². The summed E-state index contributed by atoms with van der Waals surface area (Å²) in [4.78, 5) is 1.25. The molecule has 25 heavy (non-hydrogen) atoms. The van der Waals surface area contributed by atoms with E-state index in [9.17, 15) is 8.78 Å². The van der Waals surface area contributed by atoms with Crippen LogP contribution in [0.1, 0.15) is 47.3 Å². The molecule has 0 N–H and O–H groups in total. The average Bonchev–Trinajstić information content (AvgIpc) is 3.15. The van der Waals surface area contributed by atoms with Gasteiger partial charge < -0.3 is 4.57 Å². The lowest BCUT2D eigenvalue weighted by Gasteiger charge is -2.14. The van der Waals surface area contributed by atoms with E-state index in [1.54, 1.807) is 11.3 Å². The van der Waals surface area contributed by atoms with Gasteiger partial charge >= 0.3 is 0 Å². The van der Waals surface area contributed by atoms with E-state index in [0.29, 0.717) is 11.6 Å². The largest absolute Gasteiger partial charge is 0.303 e. The van der Waals surface area contributed by atoms with Gasteiger partial charge in [0, 0.05) is 28.2 Å². The second-order valence-electron chi connectivity index (χ2n) is 6.18. The number of thiophene rings is 1. The molecular weight excluding hydrogens is 360 g/mol. The summed E-state index contributed by atoms with van der Waals surface area (Å²) in [6.07, 6.45) is 2.99. The fourth-order valence-electron chi connectivity index (χ4n) is 2.82. The molecule has 7 heteroatoms. The summed E-state index contributed by atoms with van der Waals surface area (Å²) in [5.41, 5.74) is 0.357. The molecule has 3 aromatic rings. The monoisotopic (exact) mass is 377 g/mol. The third-order valence-corrected chi connectivity index (χ3v) is 6.21. The number of halogens is 2. The van der Waals surface area contributed by atoms with Crippen molar-refractivity contribution in [2.75, 3.05) is 0 Å². The van der Waals surface area contributed by atoms with E-state index in [1.165, 1.54) is 28.8 Å². The lowest BCUT2D eigenvalue weighted by atomic mass is 10.1. The maximum atomic E-state index is 14.0. The number of benzene rings is 1. The molecule has 1 fully saturated rings. The number of hydrogen-bond acceptors (Lipinski definition) is 4. The van der Waals surface area contributed by atoms with E-state index < -0.39 is 11.6 Å². The second kappa shape index (κ2) is 6.88. The highest BCUT2D eigenvalue weighted by Gasteiger charge is 2.30. The van der Waals surface area contributed by atoms with Crippen LogP contribution < -0.4 is 0 Å². The topological polar surface area (TPSA) is 30.7 Å². The van der Waals surface area contributed by atoms with Gasteiger partial charge in [0.05, 0.1) is 0 Å². The molecule has 1 saturated carbocycles. The normalized spacial score (nSPS) is 15.5. The standard InChI is InChI=1S/C18H17F2N3S2/c1-11(15-9-12(19)4-7-16(15)20)25-18-22-21-17(23(18)13-5-6-13)10-14-3-2-8-24-14/h2-4,7-9,11,13H,5-6,10H2,1H3. The molecule has 0 amide bonds. The van der Waals surface area contributed by atoms with Crippen LogP contribution in [0, 0.1) is 11.6 Å². The van der Waals surface area contributed by atoms with Crippen LogP contribution in [-0.2, 0) is 6.42 Å². The SMILES string of the molecule is CC(Sc1nnc(Cc2cccs2)n1C1CC1)c1cc(F)ccc1F. The van der Waals surface area contributed by atoms with E-state index in [1.807, 2.05) is 13.0 Å². The van der Waals surface area contributed by atoms with Crippen molar-refractivity contribution in [1.29, 1.82) is 0 Å². The zero-order valence-corrected chi connectivity index (χ0v) is 15.3. The molecule has 1 aromatic carbocycles. The Bertz CT molecular complexity index is 873. The molecule has 3 nitrogen and oxygen atoms in total. The fourth-order valence-corrected chi connectivity index (χ4v) is 4.61. The summed E-state index contributed by atoms with van der Waals surface area (Å²) in [7, 11) is 0. The maximum absolute atomic E-state index is 14.0. The molecule has 1 unspecified atom stereocenters. The Kier molecular flexibility index (Phi) is 4.60. The van der Waals surface area contributed by atoms with E-state index >= 15 is 0 Å². The highest BCUT2D eigenvalue weighted by Crippen LogP contribution is 2.42. The summed E-state index contributed by atoms with van der Waals surface area (Å²) in [5.74, 6) is 0.128. The molecule has 0 bridgehead atoms. The van der Waals surface area contributed by atoms with Crippen molar-refractivity contribution >= 4 is 23.1 Å². The van der Waals surface area contributed by atoms with Gasteiger partial charge in [0.2, 0.25) is 0 Å². The van der Waals surface area contributed by atoms with Gasteiger partial charge in [-0.1, -0.05) is 17.8 Å². The van der Waals surface area contributed by atoms with Crippen LogP contribution in [0.15, 0.2) is 40.9 Å². The minimum Gasteiger partial charge on any atom is -0.303 e. The first kappa shape index (κ1) is 16.7. The Morgan fingerprint density at radius 2 is 2.12 bits per heavy atom. The van der Waals surface area contributed by atoms with Crippen LogP contribution >= 0.6 is 23.1 Å². The van der Waals surface area contributed by atoms with Crippen LogP contribution in [0.2, 0.25) is 0 Å². The number of hydrogen-bond donors (Lipinski definition) is 0. The summed E-state index contributed by atoms with van der Waals surface area (Å²) in [6, 6.07) is 8.13. The summed E-state index contributed by atoms with van der Waals surface area (Å²) < 4.78 is 29.7. The van der Waals surface area contributed by atoms with Gasteiger partial charge in [-0.3, -0.25) is 0 Å². The molecule has 1 aliphatic rings. The molecule has 1 aliphatic carbocycles. The predicted molar refractivity (Wildman–Crippen MR) is 96.0 cm³/mol. The average molecular weight is 377 g/mol. The lowest BCUT2D eigenvalue weighted by molar-refractivity contribution is 0.585. The zero-order chi connectivity index (χ0) is 17.4. The van der Waals surface area contributed by atoms with Gasteiger partial charge in [-0.05, 0) is 49.4 Å². The molecule has 0 radical (unpaired) electrons. The van der Waals surface area contributed by atoms with Crippen molar-refractivity contribution in [2.45, 2.75) is 42.6 Å². The molecule has 1 atom stereocenters. The number of aromatic nitrogens is 3. The Balaban J connectivity index is 1.60. The first-order valence-electron chi connectivity index (χ1n) is 8.19. The second-order valence-corrected chi connectivity index (χ2v) is 8.52. The van der Waals surface area contributed by atoms with Gasteiger partial charge in [0.25, 0.3) is 0 Å². The Hall–Kier alpha value is -1.73. The molecule has 0 spiro atoms. The maximum Gasteiger partial charge on any atom is 0.192 e. The van der Waals surface area contributed by atoms with Crippen molar-refractivity contribution in [1.82, 2.24) is 14.8 Å². The van der Waals surface area contributed by atoms with E-state index in [-0.39, 0.29) is 5.25 Å². The van der Waals surface area contributed by atoms with Crippen molar-refractivity contribution < 1.29 is 8.78 Å². The van der Waals surface area contributed by atoms with Crippen LogP contribution in [0.25, 0.3) is 0 Å². The Morgan fingerprint density at radius 1 is 1.28 bits per heavy atom. The molecular formula is C18H17F2N3S2.